The third-order valence-electron chi connectivity index (χ3n) is 7.41. The Labute approximate surface area is 193 Å². The van der Waals surface area contributed by atoms with Crippen LogP contribution in [-0.4, -0.2) is 65.9 Å². The number of rotatable bonds is 4. The molecule has 172 valence electrons. The fraction of sp³-hybridized carbons (Fsp3) is 0.423. The van der Waals surface area contributed by atoms with E-state index in [-0.39, 0.29) is 29.0 Å². The maximum absolute atomic E-state index is 13.1. The molecule has 2 aliphatic heterocycles. The summed E-state index contributed by atoms with van der Waals surface area (Å²) in [4.78, 5) is 36.2. The summed E-state index contributed by atoms with van der Waals surface area (Å²) >= 11 is 0. The van der Waals surface area contributed by atoms with Crippen molar-refractivity contribution in [3.8, 4) is 0 Å². The van der Waals surface area contributed by atoms with Gasteiger partial charge in [-0.2, -0.15) is 0 Å². The Balaban J connectivity index is 1.09. The zero-order chi connectivity index (χ0) is 22.8. The van der Waals surface area contributed by atoms with E-state index in [1.807, 2.05) is 28.0 Å². The Morgan fingerprint density at radius 2 is 1.67 bits per heavy atom. The second-order valence-corrected chi connectivity index (χ2v) is 9.33. The molecular weight excluding hydrogens is 419 g/mol. The first kappa shape index (κ1) is 21.6. The van der Waals surface area contributed by atoms with Crippen LogP contribution in [0.1, 0.15) is 24.8 Å². The molecule has 7 heteroatoms. The second kappa shape index (κ2) is 8.96. The number of piperazine rings is 1. The first-order valence-electron chi connectivity index (χ1n) is 11.7. The monoisotopic (exact) mass is 448 g/mol. The van der Waals surface area contributed by atoms with Gasteiger partial charge in [-0.1, -0.05) is 18.2 Å². The molecule has 2 amide bonds. The average Bonchev–Trinajstić information content (AvgIpc) is 3.57. The number of carbonyl (C=O) groups excluding carboxylic acids is 2. The van der Waals surface area contributed by atoms with E-state index in [4.69, 9.17) is 0 Å². The summed E-state index contributed by atoms with van der Waals surface area (Å²) in [5.41, 5.74) is 0.876. The van der Waals surface area contributed by atoms with Gasteiger partial charge in [0, 0.05) is 57.5 Å². The van der Waals surface area contributed by atoms with E-state index < -0.39 is 0 Å². The van der Waals surface area contributed by atoms with Gasteiger partial charge in [0.05, 0.1) is 0 Å². The number of nitrogens with zero attached hydrogens (tertiary/aromatic N) is 4. The Morgan fingerprint density at radius 3 is 2.33 bits per heavy atom. The molecule has 1 saturated carbocycles. The van der Waals surface area contributed by atoms with Gasteiger partial charge in [0.15, 0.2) is 0 Å². The van der Waals surface area contributed by atoms with Crippen molar-refractivity contribution in [2.24, 2.45) is 11.3 Å². The van der Waals surface area contributed by atoms with E-state index >= 15 is 0 Å². The normalized spacial score (nSPS) is 22.1. The zero-order valence-electron chi connectivity index (χ0n) is 18.7. The van der Waals surface area contributed by atoms with Crippen LogP contribution in [0.5, 0.6) is 0 Å². The summed E-state index contributed by atoms with van der Waals surface area (Å²) < 4.78 is 13.0. The molecule has 0 bridgehead atoms. The Hall–Kier alpha value is -3.22. The number of hydrogen-bond acceptors (Lipinski definition) is 4. The number of amides is 2. The van der Waals surface area contributed by atoms with Crippen LogP contribution in [0.4, 0.5) is 10.2 Å². The van der Waals surface area contributed by atoms with Gasteiger partial charge in [0.2, 0.25) is 11.8 Å². The molecule has 3 aliphatic rings. The van der Waals surface area contributed by atoms with Gasteiger partial charge in [0.25, 0.3) is 0 Å². The molecule has 33 heavy (non-hydrogen) atoms. The highest BCUT2D eigenvalue weighted by Gasteiger charge is 2.59. The number of pyridine rings is 1. The van der Waals surface area contributed by atoms with Crippen LogP contribution < -0.4 is 4.90 Å². The largest absolute Gasteiger partial charge is 0.353 e. The van der Waals surface area contributed by atoms with Crippen molar-refractivity contribution in [3.05, 3.63) is 66.1 Å². The molecular formula is C26H29FN4O2. The molecule has 0 radical (unpaired) electrons. The summed E-state index contributed by atoms with van der Waals surface area (Å²) in [6, 6.07) is 12.0. The van der Waals surface area contributed by atoms with Gasteiger partial charge in [-0.25, -0.2) is 9.37 Å². The predicted molar refractivity (Wildman–Crippen MR) is 125 cm³/mol. The van der Waals surface area contributed by atoms with Crippen molar-refractivity contribution in [2.45, 2.75) is 19.3 Å². The number of benzene rings is 1. The standard InChI is InChI=1S/C26H29FN4O2/c27-21-7-4-20(5-8-21)6-9-24(32)30-13-10-26(11-14-30)19-22(26)25(33)31-17-15-29(16-18-31)23-3-1-2-12-28-23/h1-9,12,22H,10-11,13-19H2/b9-6+/t22-/m1/s1. The van der Waals surface area contributed by atoms with E-state index in [1.54, 1.807) is 30.5 Å². The molecule has 1 aromatic heterocycles. The molecule has 1 spiro atoms. The summed E-state index contributed by atoms with van der Waals surface area (Å²) in [5, 5.41) is 0. The average molecular weight is 449 g/mol. The Kier molecular flexibility index (Phi) is 5.87. The van der Waals surface area contributed by atoms with E-state index in [9.17, 15) is 14.0 Å². The number of piperidine rings is 1. The lowest BCUT2D eigenvalue weighted by Gasteiger charge is -2.37. The molecule has 0 N–H and O–H groups in total. The van der Waals surface area contributed by atoms with Crippen molar-refractivity contribution < 1.29 is 14.0 Å². The fourth-order valence-corrected chi connectivity index (χ4v) is 5.19. The predicted octanol–water partition coefficient (Wildman–Crippen LogP) is 3.21. The fourth-order valence-electron chi connectivity index (χ4n) is 5.19. The first-order valence-corrected chi connectivity index (χ1v) is 11.7. The molecule has 3 heterocycles. The van der Waals surface area contributed by atoms with Crippen molar-refractivity contribution in [1.82, 2.24) is 14.8 Å². The molecule has 1 atom stereocenters. The lowest BCUT2D eigenvalue weighted by molar-refractivity contribution is -0.134. The van der Waals surface area contributed by atoms with Gasteiger partial charge < -0.3 is 14.7 Å². The zero-order valence-corrected chi connectivity index (χ0v) is 18.7. The highest BCUT2D eigenvalue weighted by atomic mass is 19.1. The summed E-state index contributed by atoms with van der Waals surface area (Å²) in [5.74, 6) is 1.04. The lowest BCUT2D eigenvalue weighted by atomic mass is 9.90. The smallest absolute Gasteiger partial charge is 0.246 e. The van der Waals surface area contributed by atoms with E-state index in [0.29, 0.717) is 13.1 Å². The summed E-state index contributed by atoms with van der Waals surface area (Å²) in [6.45, 7) is 4.46. The molecule has 1 aromatic carbocycles. The maximum Gasteiger partial charge on any atom is 0.246 e. The molecule has 3 fully saturated rings. The SMILES string of the molecule is O=C(/C=C/c1ccc(F)cc1)N1CCC2(CC1)C[C@@H]2C(=O)N1CCN(c2ccccn2)CC1. The van der Waals surface area contributed by atoms with Crippen LogP contribution in [0.3, 0.4) is 0 Å². The molecule has 6 nitrogen and oxygen atoms in total. The maximum atomic E-state index is 13.1. The topological polar surface area (TPSA) is 56.8 Å². The van der Waals surface area contributed by atoms with Crippen LogP contribution in [-0.2, 0) is 9.59 Å². The quantitative estimate of drug-likeness (QED) is 0.674. The van der Waals surface area contributed by atoms with Crippen LogP contribution >= 0.6 is 0 Å². The van der Waals surface area contributed by atoms with Crippen molar-refractivity contribution in [3.63, 3.8) is 0 Å². The van der Waals surface area contributed by atoms with Gasteiger partial charge in [0.1, 0.15) is 11.6 Å². The summed E-state index contributed by atoms with van der Waals surface area (Å²) in [6.07, 6.45) is 7.79. The van der Waals surface area contributed by atoms with E-state index in [0.717, 1.165) is 56.8 Å². The minimum atomic E-state index is -0.288. The van der Waals surface area contributed by atoms with E-state index in [2.05, 4.69) is 9.88 Å². The molecule has 1 aliphatic carbocycles. The first-order chi connectivity index (χ1) is 16.0. The highest BCUT2D eigenvalue weighted by molar-refractivity contribution is 5.92. The van der Waals surface area contributed by atoms with Gasteiger partial charge in [-0.05, 0) is 60.6 Å². The van der Waals surface area contributed by atoms with Crippen LogP contribution in [0, 0.1) is 17.2 Å². The van der Waals surface area contributed by atoms with Crippen LogP contribution in [0.15, 0.2) is 54.7 Å². The molecule has 5 rings (SSSR count). The van der Waals surface area contributed by atoms with Gasteiger partial charge in [-0.3, -0.25) is 9.59 Å². The number of carbonyl (C=O) groups is 2. The molecule has 2 aromatic rings. The summed E-state index contributed by atoms with van der Waals surface area (Å²) in [7, 11) is 0. The van der Waals surface area contributed by atoms with E-state index in [1.165, 1.54) is 12.1 Å². The second-order valence-electron chi connectivity index (χ2n) is 9.33. The third-order valence-corrected chi connectivity index (χ3v) is 7.41. The number of aromatic nitrogens is 1. The third kappa shape index (κ3) is 4.63. The van der Waals surface area contributed by atoms with Gasteiger partial charge >= 0.3 is 0 Å². The number of hydrogen-bond donors (Lipinski definition) is 0. The number of anilines is 1. The van der Waals surface area contributed by atoms with Crippen LogP contribution in [0.2, 0.25) is 0 Å². The molecule has 0 unspecified atom stereocenters. The highest BCUT2D eigenvalue weighted by Crippen LogP contribution is 2.60. The molecule has 2 saturated heterocycles. The number of likely N-dealkylation sites (tertiary alicyclic amines) is 1. The lowest BCUT2D eigenvalue weighted by Crippen LogP contribution is -2.50. The van der Waals surface area contributed by atoms with Crippen molar-refractivity contribution >= 4 is 23.7 Å². The van der Waals surface area contributed by atoms with Crippen molar-refractivity contribution in [1.29, 1.82) is 0 Å². The Morgan fingerprint density at radius 1 is 0.939 bits per heavy atom. The minimum Gasteiger partial charge on any atom is -0.353 e. The number of halogens is 1. The van der Waals surface area contributed by atoms with Gasteiger partial charge in [-0.15, -0.1) is 0 Å². The Bertz CT molecular complexity index is 1020. The van der Waals surface area contributed by atoms with Crippen molar-refractivity contribution in [2.75, 3.05) is 44.2 Å². The van der Waals surface area contributed by atoms with Crippen LogP contribution in [0.25, 0.3) is 6.08 Å². The minimum absolute atomic E-state index is 0.0247.